The Balaban J connectivity index is 0.000000274. The number of nitrogens with zero attached hydrogens (tertiary/aromatic N) is 4. The van der Waals surface area contributed by atoms with Gasteiger partial charge in [0.25, 0.3) is 10.0 Å². The van der Waals surface area contributed by atoms with E-state index in [1.807, 2.05) is 0 Å². The molecule has 2 heterocycles. The van der Waals surface area contributed by atoms with Crippen LogP contribution in [0, 0.1) is 12.7 Å². The zero-order valence-corrected chi connectivity index (χ0v) is 35.6. The van der Waals surface area contributed by atoms with Gasteiger partial charge in [-0.25, -0.2) is 32.0 Å². The first-order valence-corrected chi connectivity index (χ1v) is 21.6. The van der Waals surface area contributed by atoms with Gasteiger partial charge in [0.2, 0.25) is 5.95 Å². The molecule has 2 aliphatic rings. The van der Waals surface area contributed by atoms with Crippen LogP contribution in [0.4, 0.5) is 38.8 Å². The first-order chi connectivity index (χ1) is 28.8. The van der Waals surface area contributed by atoms with E-state index in [-0.39, 0.29) is 51.7 Å². The number of imide groups is 1. The summed E-state index contributed by atoms with van der Waals surface area (Å²) in [4.78, 5) is 74.1. The Morgan fingerprint density at radius 1 is 1.08 bits per heavy atom. The van der Waals surface area contributed by atoms with Gasteiger partial charge in [-0.2, -0.15) is 28.1 Å². The third-order valence-corrected chi connectivity index (χ3v) is 10.3. The number of sulfonamides is 1. The molecule has 20 nitrogen and oxygen atoms in total. The molecule has 3 aromatic rings. The quantitative estimate of drug-likeness (QED) is 0.0694. The molecule has 1 aliphatic heterocycles. The van der Waals surface area contributed by atoms with Crippen molar-refractivity contribution < 1.29 is 78.8 Å². The van der Waals surface area contributed by atoms with Crippen molar-refractivity contribution in [3.63, 3.8) is 0 Å². The number of hydrogen-bond acceptors (Lipinski definition) is 14. The molecule has 0 bridgehead atoms. The SMILES string of the molecule is CC(C)=C1OC(=O)N(c2cc(OC3CCCC3)c(Cl)cc2F)C1=O.COc1nc(C)nc(NC(=O)NS(=O)(=O)c2ccccc2CCC(F)(F)F)n1.O=C(O)CNCP(=O)(O)O. The minimum atomic E-state index is -4.45. The minimum absolute atomic E-state index is 0.00962. The lowest BCUT2D eigenvalue weighted by Gasteiger charge is -2.18. The Hall–Kier alpha value is -5.46. The number of methoxy groups -OCH3 is 1. The molecule has 4 amide bonds. The van der Waals surface area contributed by atoms with E-state index in [2.05, 4.69) is 25.6 Å². The number of cyclic esters (lactones) is 1. The molecule has 0 radical (unpaired) electrons. The first kappa shape index (κ1) is 50.9. The largest absolute Gasteiger partial charge is 0.489 e. The van der Waals surface area contributed by atoms with Gasteiger partial charge in [0.05, 0.1) is 41.6 Å². The maximum absolute atomic E-state index is 14.3. The van der Waals surface area contributed by atoms with E-state index in [1.165, 1.54) is 38.3 Å². The number of alkyl halides is 3. The fourth-order valence-electron chi connectivity index (χ4n) is 5.32. The van der Waals surface area contributed by atoms with Crippen molar-refractivity contribution in [2.75, 3.05) is 30.2 Å². The van der Waals surface area contributed by atoms with E-state index in [0.717, 1.165) is 37.8 Å². The Labute approximate surface area is 356 Å². The molecular weight excluding hydrogens is 901 g/mol. The van der Waals surface area contributed by atoms with Gasteiger partial charge in [-0.3, -0.25) is 24.8 Å². The molecule has 2 fully saturated rings. The summed E-state index contributed by atoms with van der Waals surface area (Å²) in [6.45, 7) is 4.33. The van der Waals surface area contributed by atoms with E-state index >= 15 is 0 Å². The van der Waals surface area contributed by atoms with Crippen molar-refractivity contribution in [2.45, 2.75) is 76.5 Å². The second-order valence-electron chi connectivity index (χ2n) is 13.2. The van der Waals surface area contributed by atoms with Gasteiger partial charge < -0.3 is 29.1 Å². The Morgan fingerprint density at radius 3 is 2.29 bits per heavy atom. The molecule has 0 spiro atoms. The highest BCUT2D eigenvalue weighted by atomic mass is 35.5. The Bertz CT molecular complexity index is 2330. The number of nitrogens with one attached hydrogen (secondary N) is 3. The van der Waals surface area contributed by atoms with Crippen LogP contribution in [0.3, 0.4) is 0 Å². The average Bonchev–Trinajstić information content (AvgIpc) is 3.77. The molecule has 27 heteroatoms. The third-order valence-electron chi connectivity index (χ3n) is 7.96. The van der Waals surface area contributed by atoms with Crippen LogP contribution in [0.1, 0.15) is 57.3 Å². The van der Waals surface area contributed by atoms with Crippen molar-refractivity contribution in [3.8, 4) is 11.8 Å². The molecule has 1 aromatic heterocycles. The number of rotatable bonds is 13. The number of amides is 4. The van der Waals surface area contributed by atoms with E-state index in [4.69, 9.17) is 40.7 Å². The molecule has 340 valence electrons. The lowest BCUT2D eigenvalue weighted by molar-refractivity contribution is -0.136. The zero-order valence-electron chi connectivity index (χ0n) is 33.2. The summed E-state index contributed by atoms with van der Waals surface area (Å²) in [7, 11) is -7.24. The summed E-state index contributed by atoms with van der Waals surface area (Å²) in [6, 6.07) is 6.14. The normalized spacial score (nSPS) is 14.2. The number of benzene rings is 2. The standard InChI is InChI=1S/C17H17ClFNO4.C15H16F3N5O4S.C3H8NO5P/c1-9(2)15-16(21)20(17(22)24-15)13-8-14(11(18)7-12(13)19)23-10-5-3-4-6-10;1-9-19-12(22-14(20-9)27-2)21-13(24)23-28(25,26)11-6-4-3-5-10(11)7-8-15(16,17)18;5-3(6)1-4-2-10(7,8)9/h7-8,10H,3-6H2,1-2H3;3-6H,7-8H2,1-2H3,(H2,19,20,21,22,23,24);4H,1-2H2,(H,5,6)(H2,7,8,9). The number of hydrogen-bond donors (Lipinski definition) is 6. The number of aryl methyl sites for hydroxylation is 2. The number of halogens is 5. The van der Waals surface area contributed by atoms with Gasteiger partial charge in [0.15, 0.2) is 5.76 Å². The number of carboxylic acids is 1. The van der Waals surface area contributed by atoms with Crippen LogP contribution >= 0.6 is 19.2 Å². The van der Waals surface area contributed by atoms with E-state index in [0.29, 0.717) is 10.5 Å². The van der Waals surface area contributed by atoms with Crippen molar-refractivity contribution >= 4 is 64.9 Å². The molecule has 1 aliphatic carbocycles. The second kappa shape index (κ2) is 22.1. The monoisotopic (exact) mass is 941 g/mol. The van der Waals surface area contributed by atoms with Gasteiger partial charge in [0, 0.05) is 12.5 Å². The number of allylic oxidation sites excluding steroid dienone is 1. The lowest BCUT2D eigenvalue weighted by Crippen LogP contribution is -2.35. The van der Waals surface area contributed by atoms with Gasteiger partial charge >= 0.3 is 43.8 Å². The van der Waals surface area contributed by atoms with Crippen LogP contribution in [0.5, 0.6) is 11.8 Å². The summed E-state index contributed by atoms with van der Waals surface area (Å²) >= 11 is 6.04. The predicted molar refractivity (Wildman–Crippen MR) is 210 cm³/mol. The number of urea groups is 1. The van der Waals surface area contributed by atoms with Crippen molar-refractivity contribution in [3.05, 3.63) is 70.0 Å². The second-order valence-corrected chi connectivity index (χ2v) is 16.9. The van der Waals surface area contributed by atoms with Gasteiger partial charge in [-0.15, -0.1) is 0 Å². The highest BCUT2D eigenvalue weighted by Gasteiger charge is 2.40. The summed E-state index contributed by atoms with van der Waals surface area (Å²) in [5, 5.41) is 12.3. The lowest BCUT2D eigenvalue weighted by atomic mass is 10.1. The molecule has 1 saturated carbocycles. The van der Waals surface area contributed by atoms with E-state index in [1.54, 1.807) is 18.6 Å². The number of carbonyl (C=O) groups is 4. The van der Waals surface area contributed by atoms with Crippen LogP contribution in [-0.4, -0.2) is 94.5 Å². The number of carboxylic acid groups (broad SMARTS) is 1. The number of aliphatic carboxylic acids is 1. The third kappa shape index (κ3) is 16.1. The summed E-state index contributed by atoms with van der Waals surface area (Å²) in [6.07, 6.45) is -3.79. The van der Waals surface area contributed by atoms with Crippen LogP contribution in [0.2, 0.25) is 5.02 Å². The molecule has 2 aromatic carbocycles. The zero-order chi connectivity index (χ0) is 46.6. The van der Waals surface area contributed by atoms with Crippen LogP contribution in [-0.2, 0) is 35.3 Å². The van der Waals surface area contributed by atoms with Gasteiger partial charge in [-0.05, 0) is 76.1 Å². The summed E-state index contributed by atoms with van der Waals surface area (Å²) in [5.41, 5.74) is 0.240. The summed E-state index contributed by atoms with van der Waals surface area (Å²) < 4.78 is 104. The fourth-order valence-corrected chi connectivity index (χ4v) is 7.09. The molecule has 5 rings (SSSR count). The average molecular weight is 942 g/mol. The van der Waals surface area contributed by atoms with E-state index in [9.17, 15) is 49.7 Å². The topological polar surface area (TPSA) is 286 Å². The number of carbonyl (C=O) groups excluding carboxylic acids is 3. The molecule has 0 unspecified atom stereocenters. The highest BCUT2D eigenvalue weighted by Crippen LogP contribution is 2.38. The maximum atomic E-state index is 14.3. The molecule has 0 atom stereocenters. The number of ether oxygens (including phenoxy) is 3. The molecule has 62 heavy (non-hydrogen) atoms. The van der Waals surface area contributed by atoms with Gasteiger partial charge in [-0.1, -0.05) is 29.8 Å². The van der Waals surface area contributed by atoms with Crippen LogP contribution in [0.25, 0.3) is 0 Å². The van der Waals surface area contributed by atoms with Crippen molar-refractivity contribution in [1.29, 1.82) is 0 Å². The maximum Gasteiger partial charge on any atom is 0.427 e. The molecule has 1 saturated heterocycles. The van der Waals surface area contributed by atoms with Gasteiger partial charge in [0.1, 0.15) is 17.4 Å². The molecule has 6 N–H and O–H groups in total. The fraction of sp³-hybridized carbons (Fsp3) is 0.400. The molecular formula is C35H41ClF4N7O13PS. The Kier molecular flexibility index (Phi) is 18.1. The number of anilines is 2. The predicted octanol–water partition coefficient (Wildman–Crippen LogP) is 5.57. The van der Waals surface area contributed by atoms with Crippen molar-refractivity contribution in [1.82, 2.24) is 25.0 Å². The Morgan fingerprint density at radius 2 is 1.73 bits per heavy atom. The van der Waals surface area contributed by atoms with Crippen LogP contribution < -0.4 is 29.7 Å². The first-order valence-electron chi connectivity index (χ1n) is 17.9. The summed E-state index contributed by atoms with van der Waals surface area (Å²) in [5.74, 6) is -2.52. The van der Waals surface area contributed by atoms with E-state index < -0.39 is 84.2 Å². The smallest absolute Gasteiger partial charge is 0.427 e. The van der Waals surface area contributed by atoms with Crippen molar-refractivity contribution in [2.24, 2.45) is 0 Å². The minimum Gasteiger partial charge on any atom is -0.489 e. The highest BCUT2D eigenvalue weighted by molar-refractivity contribution is 7.90. The van der Waals surface area contributed by atoms with Crippen LogP contribution in [0.15, 0.2) is 52.6 Å². The number of aromatic nitrogens is 3.